The van der Waals surface area contributed by atoms with Crippen LogP contribution >= 0.6 is 0 Å². The lowest BCUT2D eigenvalue weighted by atomic mass is 10.0. The fourth-order valence-electron chi connectivity index (χ4n) is 3.35. The number of aromatic nitrogens is 2. The van der Waals surface area contributed by atoms with Gasteiger partial charge < -0.3 is 10.1 Å². The quantitative estimate of drug-likeness (QED) is 0.510. The number of benzene rings is 3. The summed E-state index contributed by atoms with van der Waals surface area (Å²) in [7, 11) is 1.70. The van der Waals surface area contributed by atoms with Gasteiger partial charge in [-0.25, -0.2) is 0 Å². The largest absolute Gasteiger partial charge is 0.496 e. The van der Waals surface area contributed by atoms with E-state index < -0.39 is 0 Å². The average Bonchev–Trinajstić information content (AvgIpc) is 2.77. The van der Waals surface area contributed by atoms with E-state index in [2.05, 4.69) is 70.7 Å². The van der Waals surface area contributed by atoms with Gasteiger partial charge in [-0.3, -0.25) is 9.97 Å². The molecule has 4 aromatic rings. The molecule has 0 aliphatic heterocycles. The molecule has 28 heavy (non-hydrogen) atoms. The number of hydrogen-bond acceptors (Lipinski definition) is 4. The Kier molecular flexibility index (Phi) is 5.31. The Morgan fingerprint density at radius 2 is 1.68 bits per heavy atom. The maximum absolute atomic E-state index is 5.61. The summed E-state index contributed by atoms with van der Waals surface area (Å²) in [5, 5.41) is 3.60. The van der Waals surface area contributed by atoms with E-state index in [0.29, 0.717) is 0 Å². The first-order valence-corrected chi connectivity index (χ1v) is 9.41. The third-order valence-electron chi connectivity index (χ3n) is 4.96. The highest BCUT2D eigenvalue weighted by molar-refractivity contribution is 5.83. The first-order chi connectivity index (χ1) is 13.7. The zero-order valence-electron chi connectivity index (χ0n) is 16.1. The maximum Gasteiger partial charge on any atom is 0.126 e. The van der Waals surface area contributed by atoms with E-state index in [1.807, 2.05) is 18.2 Å². The van der Waals surface area contributed by atoms with Crippen LogP contribution in [0, 0.1) is 0 Å². The predicted octanol–water partition coefficient (Wildman–Crippen LogP) is 5.16. The first-order valence-electron chi connectivity index (χ1n) is 9.41. The van der Waals surface area contributed by atoms with Crippen molar-refractivity contribution in [2.45, 2.75) is 19.5 Å². The Morgan fingerprint density at radius 1 is 0.893 bits per heavy atom. The minimum absolute atomic E-state index is 0.280. The highest BCUT2D eigenvalue weighted by atomic mass is 16.5. The Labute approximate surface area is 165 Å². The van der Waals surface area contributed by atoms with Gasteiger partial charge in [0, 0.05) is 30.5 Å². The van der Waals surface area contributed by atoms with Crippen LogP contribution in [0.1, 0.15) is 24.1 Å². The van der Waals surface area contributed by atoms with E-state index >= 15 is 0 Å². The lowest BCUT2D eigenvalue weighted by molar-refractivity contribution is 0.416. The van der Waals surface area contributed by atoms with E-state index in [9.17, 15) is 0 Å². The van der Waals surface area contributed by atoms with Gasteiger partial charge >= 0.3 is 0 Å². The van der Waals surface area contributed by atoms with Gasteiger partial charge in [-0.15, -0.1) is 0 Å². The van der Waals surface area contributed by atoms with Crippen LogP contribution in [0.3, 0.4) is 0 Å². The van der Waals surface area contributed by atoms with Crippen LogP contribution in [-0.4, -0.2) is 17.1 Å². The van der Waals surface area contributed by atoms with E-state index in [1.165, 1.54) is 11.1 Å². The molecule has 0 spiro atoms. The van der Waals surface area contributed by atoms with Gasteiger partial charge in [0.25, 0.3) is 0 Å². The number of rotatable bonds is 6. The van der Waals surface area contributed by atoms with Crippen molar-refractivity contribution >= 4 is 11.0 Å². The standard InChI is InChI=1S/C24H23N3O/c1-17(19-6-4-3-5-7-19)27-16-18-8-11-24(28-2)21(14-18)20-9-10-22-23(15-20)26-13-12-25-22/h3-15,17,27H,16H2,1-2H3. The molecule has 3 aromatic carbocycles. The number of fused-ring (bicyclic) bond motifs is 1. The SMILES string of the molecule is COc1ccc(CNC(C)c2ccccc2)cc1-c1ccc2nccnc2c1. The average molecular weight is 369 g/mol. The highest BCUT2D eigenvalue weighted by Gasteiger charge is 2.10. The predicted molar refractivity (Wildman–Crippen MR) is 113 cm³/mol. The zero-order valence-corrected chi connectivity index (χ0v) is 16.1. The van der Waals surface area contributed by atoms with Crippen LogP contribution in [-0.2, 0) is 6.54 Å². The second kappa shape index (κ2) is 8.19. The zero-order chi connectivity index (χ0) is 19.3. The number of nitrogens with one attached hydrogen (secondary N) is 1. The molecule has 0 fully saturated rings. The highest BCUT2D eigenvalue weighted by Crippen LogP contribution is 2.32. The van der Waals surface area contributed by atoms with Gasteiger partial charge in [-0.2, -0.15) is 0 Å². The summed E-state index contributed by atoms with van der Waals surface area (Å²) < 4.78 is 5.61. The molecular formula is C24H23N3O. The van der Waals surface area contributed by atoms with Crippen molar-refractivity contribution in [3.8, 4) is 16.9 Å². The fourth-order valence-corrected chi connectivity index (χ4v) is 3.35. The normalized spacial score (nSPS) is 12.1. The van der Waals surface area contributed by atoms with Crippen molar-refractivity contribution in [2.75, 3.05) is 7.11 Å². The lowest BCUT2D eigenvalue weighted by Crippen LogP contribution is -2.18. The van der Waals surface area contributed by atoms with Gasteiger partial charge in [0.05, 0.1) is 18.1 Å². The molecule has 1 unspecified atom stereocenters. The molecule has 0 bridgehead atoms. The van der Waals surface area contributed by atoms with Gasteiger partial charge in [-0.05, 0) is 47.9 Å². The Hall–Kier alpha value is -3.24. The molecule has 0 radical (unpaired) electrons. The summed E-state index contributed by atoms with van der Waals surface area (Å²) in [4.78, 5) is 8.77. The minimum atomic E-state index is 0.280. The number of ether oxygens (including phenoxy) is 1. The van der Waals surface area contributed by atoms with Crippen LogP contribution in [0.25, 0.3) is 22.2 Å². The minimum Gasteiger partial charge on any atom is -0.496 e. The van der Waals surface area contributed by atoms with E-state index in [0.717, 1.165) is 34.5 Å². The van der Waals surface area contributed by atoms with Crippen LogP contribution in [0.15, 0.2) is 79.1 Å². The van der Waals surface area contributed by atoms with E-state index in [1.54, 1.807) is 19.5 Å². The molecule has 0 saturated carbocycles. The van der Waals surface area contributed by atoms with Crippen molar-refractivity contribution in [1.29, 1.82) is 0 Å². The van der Waals surface area contributed by atoms with Crippen LogP contribution in [0.5, 0.6) is 5.75 Å². The topological polar surface area (TPSA) is 47.0 Å². The van der Waals surface area contributed by atoms with Crippen molar-refractivity contribution in [3.63, 3.8) is 0 Å². The van der Waals surface area contributed by atoms with E-state index in [4.69, 9.17) is 4.74 Å². The van der Waals surface area contributed by atoms with Gasteiger partial charge in [0.15, 0.2) is 0 Å². The Morgan fingerprint density at radius 3 is 2.46 bits per heavy atom. The second-order valence-electron chi connectivity index (χ2n) is 6.81. The molecule has 0 amide bonds. The Balaban J connectivity index is 1.60. The molecule has 0 aliphatic carbocycles. The van der Waals surface area contributed by atoms with E-state index in [-0.39, 0.29) is 6.04 Å². The molecule has 1 aromatic heterocycles. The van der Waals surface area contributed by atoms with Gasteiger partial charge in [0.2, 0.25) is 0 Å². The second-order valence-corrected chi connectivity index (χ2v) is 6.81. The smallest absolute Gasteiger partial charge is 0.126 e. The molecule has 4 heteroatoms. The summed E-state index contributed by atoms with van der Waals surface area (Å²) in [5.74, 6) is 0.850. The van der Waals surface area contributed by atoms with Gasteiger partial charge in [-0.1, -0.05) is 42.5 Å². The molecular weight excluding hydrogens is 346 g/mol. The lowest BCUT2D eigenvalue weighted by Gasteiger charge is -2.16. The van der Waals surface area contributed by atoms with Crippen molar-refractivity contribution in [2.24, 2.45) is 0 Å². The number of hydrogen-bond donors (Lipinski definition) is 1. The van der Waals surface area contributed by atoms with Crippen LogP contribution < -0.4 is 10.1 Å². The summed E-state index contributed by atoms with van der Waals surface area (Å²) in [6.07, 6.45) is 3.43. The molecule has 4 nitrogen and oxygen atoms in total. The van der Waals surface area contributed by atoms with Crippen molar-refractivity contribution in [3.05, 3.63) is 90.3 Å². The van der Waals surface area contributed by atoms with Crippen LogP contribution in [0.2, 0.25) is 0 Å². The van der Waals surface area contributed by atoms with Gasteiger partial charge in [0.1, 0.15) is 5.75 Å². The third-order valence-corrected chi connectivity index (χ3v) is 4.96. The summed E-state index contributed by atoms with van der Waals surface area (Å²) in [6.45, 7) is 2.96. The molecule has 0 aliphatic rings. The van der Waals surface area contributed by atoms with Crippen molar-refractivity contribution < 1.29 is 4.74 Å². The molecule has 140 valence electrons. The number of methoxy groups -OCH3 is 1. The number of nitrogens with zero attached hydrogens (tertiary/aromatic N) is 2. The summed E-state index contributed by atoms with van der Waals surface area (Å²) in [6, 6.07) is 23.2. The summed E-state index contributed by atoms with van der Waals surface area (Å²) >= 11 is 0. The first kappa shape index (κ1) is 18.1. The third kappa shape index (κ3) is 3.87. The summed E-state index contributed by atoms with van der Waals surface area (Å²) in [5.41, 5.74) is 6.38. The van der Waals surface area contributed by atoms with Crippen molar-refractivity contribution in [1.82, 2.24) is 15.3 Å². The molecule has 4 rings (SSSR count). The molecule has 1 heterocycles. The monoisotopic (exact) mass is 369 g/mol. The molecule has 1 N–H and O–H groups in total. The molecule has 1 atom stereocenters. The van der Waals surface area contributed by atoms with Crippen LogP contribution in [0.4, 0.5) is 0 Å². The fraction of sp³-hybridized carbons (Fsp3) is 0.167. The Bertz CT molecular complexity index is 1080. The maximum atomic E-state index is 5.61. The molecule has 0 saturated heterocycles.